The van der Waals surface area contributed by atoms with Crippen LogP contribution in [0.3, 0.4) is 0 Å². The van der Waals surface area contributed by atoms with Gasteiger partial charge < -0.3 is 19.2 Å². The van der Waals surface area contributed by atoms with Crippen molar-refractivity contribution in [1.29, 1.82) is 0 Å². The zero-order valence-electron chi connectivity index (χ0n) is 14.4. The van der Waals surface area contributed by atoms with E-state index in [0.29, 0.717) is 17.0 Å². The van der Waals surface area contributed by atoms with Crippen molar-refractivity contribution in [3.8, 4) is 5.75 Å². The standard InChI is InChI=1S/C19H18N2O5/c1-12(17-4-3-9-25-17)20-18(22)11-26-19(23)16-7-5-13-10-14(24-2)6-8-15(13)21-16/h3-10,12H,11H2,1-2H3,(H,20,22). The van der Waals surface area contributed by atoms with Crippen LogP contribution in [0.2, 0.25) is 0 Å². The van der Waals surface area contributed by atoms with E-state index in [-0.39, 0.29) is 11.7 Å². The number of benzene rings is 1. The molecule has 0 aliphatic rings. The van der Waals surface area contributed by atoms with E-state index in [9.17, 15) is 9.59 Å². The van der Waals surface area contributed by atoms with E-state index < -0.39 is 18.5 Å². The van der Waals surface area contributed by atoms with Crippen molar-refractivity contribution < 1.29 is 23.5 Å². The number of nitrogens with one attached hydrogen (secondary N) is 1. The van der Waals surface area contributed by atoms with Gasteiger partial charge in [0.25, 0.3) is 5.91 Å². The summed E-state index contributed by atoms with van der Waals surface area (Å²) < 4.78 is 15.4. The molecule has 134 valence electrons. The number of ether oxygens (including phenoxy) is 2. The average Bonchev–Trinajstić information content (AvgIpc) is 3.20. The molecule has 2 aromatic heterocycles. The smallest absolute Gasteiger partial charge is 0.357 e. The summed E-state index contributed by atoms with van der Waals surface area (Å²) in [5.41, 5.74) is 0.769. The van der Waals surface area contributed by atoms with Crippen LogP contribution in [0, 0.1) is 0 Å². The van der Waals surface area contributed by atoms with E-state index in [0.717, 1.165) is 5.39 Å². The average molecular weight is 354 g/mol. The molecular formula is C19H18N2O5. The Morgan fingerprint density at radius 1 is 1.23 bits per heavy atom. The van der Waals surface area contributed by atoms with Crippen molar-refractivity contribution in [3.63, 3.8) is 0 Å². The Hall–Kier alpha value is -3.35. The summed E-state index contributed by atoms with van der Waals surface area (Å²) in [5.74, 6) is 0.240. The van der Waals surface area contributed by atoms with Crippen molar-refractivity contribution in [1.82, 2.24) is 10.3 Å². The maximum absolute atomic E-state index is 12.1. The van der Waals surface area contributed by atoms with Crippen LogP contribution in [0.15, 0.2) is 53.1 Å². The van der Waals surface area contributed by atoms with Gasteiger partial charge in [-0.05, 0) is 43.3 Å². The van der Waals surface area contributed by atoms with E-state index in [1.165, 1.54) is 6.26 Å². The second-order valence-electron chi connectivity index (χ2n) is 5.64. The fraction of sp³-hybridized carbons (Fsp3) is 0.211. The van der Waals surface area contributed by atoms with Crippen LogP contribution in [0.1, 0.15) is 29.2 Å². The van der Waals surface area contributed by atoms with Crippen molar-refractivity contribution in [3.05, 3.63) is 60.2 Å². The molecule has 1 amide bonds. The molecule has 0 spiro atoms. The number of esters is 1. The van der Waals surface area contributed by atoms with Gasteiger partial charge in [0.1, 0.15) is 17.2 Å². The highest BCUT2D eigenvalue weighted by molar-refractivity contribution is 5.92. The molecular weight excluding hydrogens is 336 g/mol. The predicted molar refractivity (Wildman–Crippen MR) is 93.8 cm³/mol. The highest BCUT2D eigenvalue weighted by atomic mass is 16.5. The second kappa shape index (κ2) is 7.69. The Bertz CT molecular complexity index is 921. The molecule has 3 rings (SSSR count). The van der Waals surface area contributed by atoms with Gasteiger partial charge >= 0.3 is 5.97 Å². The highest BCUT2D eigenvalue weighted by Gasteiger charge is 2.15. The topological polar surface area (TPSA) is 90.7 Å². The molecule has 0 saturated carbocycles. The summed E-state index contributed by atoms with van der Waals surface area (Å²) in [4.78, 5) is 28.3. The number of aromatic nitrogens is 1. The van der Waals surface area contributed by atoms with Crippen LogP contribution in [0.5, 0.6) is 5.75 Å². The SMILES string of the molecule is COc1ccc2nc(C(=O)OCC(=O)NC(C)c3ccco3)ccc2c1. The van der Waals surface area contributed by atoms with E-state index in [2.05, 4.69) is 10.3 Å². The number of furan rings is 1. The Labute approximate surface area is 149 Å². The van der Waals surface area contributed by atoms with Crippen LogP contribution in [0.25, 0.3) is 10.9 Å². The van der Waals surface area contributed by atoms with Gasteiger partial charge in [-0.3, -0.25) is 4.79 Å². The monoisotopic (exact) mass is 354 g/mol. The summed E-state index contributed by atoms with van der Waals surface area (Å²) in [5, 5.41) is 3.53. The number of hydrogen-bond acceptors (Lipinski definition) is 6. The van der Waals surface area contributed by atoms with Crippen LogP contribution in [-0.2, 0) is 9.53 Å². The van der Waals surface area contributed by atoms with E-state index in [4.69, 9.17) is 13.9 Å². The predicted octanol–water partition coefficient (Wildman–Crippen LogP) is 2.87. The van der Waals surface area contributed by atoms with E-state index in [1.54, 1.807) is 50.4 Å². The summed E-state index contributed by atoms with van der Waals surface area (Å²) in [7, 11) is 1.58. The molecule has 0 aliphatic heterocycles. The first-order valence-electron chi connectivity index (χ1n) is 8.01. The minimum Gasteiger partial charge on any atom is -0.497 e. The van der Waals surface area contributed by atoms with Crippen molar-refractivity contribution in [2.45, 2.75) is 13.0 Å². The molecule has 0 saturated heterocycles. The molecule has 3 aromatic rings. The van der Waals surface area contributed by atoms with Gasteiger partial charge in [0.05, 0.1) is 24.9 Å². The number of pyridine rings is 1. The van der Waals surface area contributed by atoms with E-state index in [1.807, 2.05) is 6.07 Å². The third-order valence-electron chi connectivity index (χ3n) is 3.79. The minimum atomic E-state index is -0.663. The third-order valence-corrected chi connectivity index (χ3v) is 3.79. The number of carbonyl (C=O) groups excluding carboxylic acids is 2. The summed E-state index contributed by atoms with van der Waals surface area (Å²) in [6.07, 6.45) is 1.53. The molecule has 2 heterocycles. The maximum Gasteiger partial charge on any atom is 0.357 e. The molecule has 1 unspecified atom stereocenters. The summed E-state index contributed by atoms with van der Waals surface area (Å²) in [6, 6.07) is 11.8. The molecule has 7 nitrogen and oxygen atoms in total. The Morgan fingerprint density at radius 3 is 2.81 bits per heavy atom. The van der Waals surface area contributed by atoms with Gasteiger partial charge in [-0.25, -0.2) is 9.78 Å². The lowest BCUT2D eigenvalue weighted by molar-refractivity contribution is -0.125. The normalized spacial score (nSPS) is 11.8. The van der Waals surface area contributed by atoms with Crippen LogP contribution in [-0.4, -0.2) is 30.6 Å². The molecule has 0 fully saturated rings. The Kier molecular flexibility index (Phi) is 5.17. The number of amides is 1. The largest absolute Gasteiger partial charge is 0.497 e. The van der Waals surface area contributed by atoms with Gasteiger partial charge in [0.15, 0.2) is 6.61 Å². The summed E-state index contributed by atoms with van der Waals surface area (Å²) in [6.45, 7) is 1.38. The molecule has 0 bridgehead atoms. The molecule has 1 N–H and O–H groups in total. The number of nitrogens with zero attached hydrogens (tertiary/aromatic N) is 1. The third kappa shape index (κ3) is 4.00. The zero-order chi connectivity index (χ0) is 18.5. The van der Waals surface area contributed by atoms with E-state index >= 15 is 0 Å². The van der Waals surface area contributed by atoms with Gasteiger partial charge in [0, 0.05) is 5.39 Å². The lowest BCUT2D eigenvalue weighted by atomic mass is 10.2. The molecule has 0 aliphatic carbocycles. The number of carbonyl (C=O) groups is 2. The number of hydrogen-bond donors (Lipinski definition) is 1. The lowest BCUT2D eigenvalue weighted by Crippen LogP contribution is -2.31. The van der Waals surface area contributed by atoms with Gasteiger partial charge in [0.2, 0.25) is 0 Å². The van der Waals surface area contributed by atoms with Crippen molar-refractivity contribution in [2.24, 2.45) is 0 Å². The van der Waals surface area contributed by atoms with Gasteiger partial charge in [-0.15, -0.1) is 0 Å². The Morgan fingerprint density at radius 2 is 2.08 bits per heavy atom. The number of rotatable bonds is 6. The fourth-order valence-corrected chi connectivity index (χ4v) is 2.44. The van der Waals surface area contributed by atoms with Crippen molar-refractivity contribution in [2.75, 3.05) is 13.7 Å². The molecule has 26 heavy (non-hydrogen) atoms. The lowest BCUT2D eigenvalue weighted by Gasteiger charge is -2.11. The van der Waals surface area contributed by atoms with Crippen LogP contribution in [0.4, 0.5) is 0 Å². The van der Waals surface area contributed by atoms with Gasteiger partial charge in [-0.2, -0.15) is 0 Å². The van der Waals surface area contributed by atoms with Crippen LogP contribution < -0.4 is 10.1 Å². The highest BCUT2D eigenvalue weighted by Crippen LogP contribution is 2.19. The number of fused-ring (bicyclic) bond motifs is 1. The Balaban J connectivity index is 1.59. The second-order valence-corrected chi connectivity index (χ2v) is 5.64. The summed E-state index contributed by atoms with van der Waals surface area (Å²) >= 11 is 0. The maximum atomic E-state index is 12.1. The first-order valence-corrected chi connectivity index (χ1v) is 8.01. The minimum absolute atomic E-state index is 0.134. The fourth-order valence-electron chi connectivity index (χ4n) is 2.44. The van der Waals surface area contributed by atoms with Gasteiger partial charge in [-0.1, -0.05) is 6.07 Å². The quantitative estimate of drug-likeness (QED) is 0.685. The van der Waals surface area contributed by atoms with Crippen molar-refractivity contribution >= 4 is 22.8 Å². The molecule has 1 atom stereocenters. The molecule has 1 aromatic carbocycles. The number of methoxy groups -OCH3 is 1. The zero-order valence-corrected chi connectivity index (χ0v) is 14.4. The first-order chi connectivity index (χ1) is 12.6. The van der Waals surface area contributed by atoms with Crippen LogP contribution >= 0.6 is 0 Å². The molecule has 0 radical (unpaired) electrons. The molecule has 7 heteroatoms. The first kappa shape index (κ1) is 17.5.